The summed E-state index contributed by atoms with van der Waals surface area (Å²) in [5.41, 5.74) is 10.1. The topological polar surface area (TPSA) is 35.2 Å². The van der Waals surface area contributed by atoms with Crippen LogP contribution >= 0.6 is 0 Å². The molecule has 0 aromatic heterocycles. The Kier molecular flexibility index (Phi) is 3.05. The molecule has 88 valence electrons. The lowest BCUT2D eigenvalue weighted by molar-refractivity contribution is 0.484. The van der Waals surface area contributed by atoms with Crippen LogP contribution in [0.25, 0.3) is 0 Å². The van der Waals surface area contributed by atoms with E-state index in [2.05, 4.69) is 6.07 Å². The second-order valence-corrected chi connectivity index (χ2v) is 4.41. The van der Waals surface area contributed by atoms with Crippen LogP contribution in [0.4, 0.5) is 5.69 Å². The maximum Gasteiger partial charge on any atom is 0.150 e. The van der Waals surface area contributed by atoms with Crippen molar-refractivity contribution in [1.82, 2.24) is 0 Å². The van der Waals surface area contributed by atoms with Crippen LogP contribution in [0, 0.1) is 20.8 Å². The van der Waals surface area contributed by atoms with E-state index in [-0.39, 0.29) is 0 Å². The zero-order valence-corrected chi connectivity index (χ0v) is 10.4. The highest BCUT2D eigenvalue weighted by atomic mass is 16.5. The van der Waals surface area contributed by atoms with Crippen LogP contribution in [0.5, 0.6) is 11.5 Å². The van der Waals surface area contributed by atoms with Gasteiger partial charge in [0.25, 0.3) is 0 Å². The summed E-state index contributed by atoms with van der Waals surface area (Å²) >= 11 is 0. The van der Waals surface area contributed by atoms with Crippen LogP contribution in [0.15, 0.2) is 36.4 Å². The summed E-state index contributed by atoms with van der Waals surface area (Å²) in [6.07, 6.45) is 0. The monoisotopic (exact) mass is 227 g/mol. The highest BCUT2D eigenvalue weighted by Gasteiger charge is 2.06. The Balaban J connectivity index is 2.36. The summed E-state index contributed by atoms with van der Waals surface area (Å²) in [6, 6.07) is 12.0. The molecule has 2 N–H and O–H groups in total. The minimum Gasteiger partial charge on any atom is -0.455 e. The second kappa shape index (κ2) is 4.50. The van der Waals surface area contributed by atoms with E-state index in [1.165, 1.54) is 5.56 Å². The Morgan fingerprint density at radius 1 is 0.941 bits per heavy atom. The van der Waals surface area contributed by atoms with Gasteiger partial charge in [0.1, 0.15) is 5.75 Å². The normalized spacial score (nSPS) is 10.3. The minimum absolute atomic E-state index is 0.706. The molecule has 0 aliphatic rings. The Morgan fingerprint density at radius 3 is 2.41 bits per heavy atom. The molecule has 0 amide bonds. The van der Waals surface area contributed by atoms with E-state index in [0.717, 1.165) is 22.6 Å². The lowest BCUT2D eigenvalue weighted by Gasteiger charge is -2.12. The van der Waals surface area contributed by atoms with Crippen molar-refractivity contribution in [2.45, 2.75) is 20.8 Å². The fraction of sp³-hybridized carbons (Fsp3) is 0.200. The number of ether oxygens (including phenoxy) is 1. The molecule has 2 aromatic carbocycles. The fourth-order valence-electron chi connectivity index (χ4n) is 1.83. The van der Waals surface area contributed by atoms with E-state index in [1.807, 2.05) is 51.1 Å². The third-order valence-electron chi connectivity index (χ3n) is 2.71. The summed E-state index contributed by atoms with van der Waals surface area (Å²) in [7, 11) is 0. The van der Waals surface area contributed by atoms with Gasteiger partial charge in [0, 0.05) is 0 Å². The molecule has 0 bridgehead atoms. The molecule has 2 nitrogen and oxygen atoms in total. The maximum absolute atomic E-state index is 6.01. The molecule has 0 fully saturated rings. The molecule has 0 aliphatic heterocycles. The number of aryl methyl sites for hydroxylation is 3. The van der Waals surface area contributed by atoms with Crippen LogP contribution in [-0.4, -0.2) is 0 Å². The SMILES string of the molecule is Cc1cccc(Oc2cc(C)cc(C)c2N)c1. The Bertz CT molecular complexity index is 547. The molecular weight excluding hydrogens is 210 g/mol. The number of nitrogen functional groups attached to an aromatic ring is 1. The predicted molar refractivity (Wildman–Crippen MR) is 71.6 cm³/mol. The first-order valence-electron chi connectivity index (χ1n) is 5.67. The first-order valence-corrected chi connectivity index (χ1v) is 5.67. The summed E-state index contributed by atoms with van der Waals surface area (Å²) in [4.78, 5) is 0. The van der Waals surface area contributed by atoms with Gasteiger partial charge in [0.05, 0.1) is 5.69 Å². The molecule has 0 saturated heterocycles. The van der Waals surface area contributed by atoms with Crippen molar-refractivity contribution in [1.29, 1.82) is 0 Å². The molecule has 2 heteroatoms. The van der Waals surface area contributed by atoms with Gasteiger partial charge in [0.2, 0.25) is 0 Å². The lowest BCUT2D eigenvalue weighted by atomic mass is 10.1. The zero-order valence-electron chi connectivity index (χ0n) is 10.4. The predicted octanol–water partition coefficient (Wildman–Crippen LogP) is 3.99. The number of benzene rings is 2. The van der Waals surface area contributed by atoms with Crippen molar-refractivity contribution in [3.8, 4) is 11.5 Å². The Hall–Kier alpha value is -1.96. The lowest BCUT2D eigenvalue weighted by Crippen LogP contribution is -1.96. The molecule has 0 unspecified atom stereocenters. The number of hydrogen-bond donors (Lipinski definition) is 1. The summed E-state index contributed by atoms with van der Waals surface area (Å²) < 4.78 is 5.83. The summed E-state index contributed by atoms with van der Waals surface area (Å²) in [5, 5.41) is 0. The molecule has 0 spiro atoms. The van der Waals surface area contributed by atoms with Gasteiger partial charge >= 0.3 is 0 Å². The van der Waals surface area contributed by atoms with Gasteiger partial charge in [-0.1, -0.05) is 18.2 Å². The second-order valence-electron chi connectivity index (χ2n) is 4.41. The Morgan fingerprint density at radius 2 is 1.71 bits per heavy atom. The van der Waals surface area contributed by atoms with Crippen LogP contribution in [-0.2, 0) is 0 Å². The van der Waals surface area contributed by atoms with Gasteiger partial charge in [-0.25, -0.2) is 0 Å². The highest BCUT2D eigenvalue weighted by molar-refractivity contribution is 5.60. The van der Waals surface area contributed by atoms with Gasteiger partial charge < -0.3 is 10.5 Å². The molecule has 0 heterocycles. The maximum atomic E-state index is 6.01. The third-order valence-corrected chi connectivity index (χ3v) is 2.71. The van der Waals surface area contributed by atoms with E-state index in [1.54, 1.807) is 0 Å². The van der Waals surface area contributed by atoms with Gasteiger partial charge in [-0.2, -0.15) is 0 Å². The standard InChI is InChI=1S/C15H17NO/c1-10-5-4-6-13(8-10)17-14-9-11(2)7-12(3)15(14)16/h4-9H,16H2,1-3H3. The molecule has 0 radical (unpaired) electrons. The van der Waals surface area contributed by atoms with Crippen molar-refractivity contribution < 1.29 is 4.74 Å². The van der Waals surface area contributed by atoms with Crippen LogP contribution in [0.2, 0.25) is 0 Å². The number of rotatable bonds is 2. The summed E-state index contributed by atoms with van der Waals surface area (Å²) in [6.45, 7) is 6.07. The molecule has 17 heavy (non-hydrogen) atoms. The van der Waals surface area contributed by atoms with Crippen LogP contribution < -0.4 is 10.5 Å². The minimum atomic E-state index is 0.706. The van der Waals surface area contributed by atoms with E-state index < -0.39 is 0 Å². The van der Waals surface area contributed by atoms with Crippen LogP contribution in [0.3, 0.4) is 0 Å². The van der Waals surface area contributed by atoms with Gasteiger partial charge in [-0.15, -0.1) is 0 Å². The van der Waals surface area contributed by atoms with E-state index in [0.29, 0.717) is 5.69 Å². The largest absolute Gasteiger partial charge is 0.455 e. The Labute approximate surface area is 102 Å². The highest BCUT2D eigenvalue weighted by Crippen LogP contribution is 2.31. The molecule has 2 aromatic rings. The smallest absolute Gasteiger partial charge is 0.150 e. The van der Waals surface area contributed by atoms with E-state index >= 15 is 0 Å². The van der Waals surface area contributed by atoms with Gasteiger partial charge in [0.15, 0.2) is 5.75 Å². The third kappa shape index (κ3) is 2.59. The molecular formula is C15H17NO. The van der Waals surface area contributed by atoms with Crippen molar-refractivity contribution >= 4 is 5.69 Å². The van der Waals surface area contributed by atoms with Crippen molar-refractivity contribution in [3.63, 3.8) is 0 Å². The first-order chi connectivity index (χ1) is 8.06. The zero-order chi connectivity index (χ0) is 12.4. The molecule has 0 atom stereocenters. The van der Waals surface area contributed by atoms with Gasteiger partial charge in [-0.05, 0) is 55.7 Å². The van der Waals surface area contributed by atoms with Crippen molar-refractivity contribution in [2.24, 2.45) is 0 Å². The number of hydrogen-bond acceptors (Lipinski definition) is 2. The van der Waals surface area contributed by atoms with E-state index in [9.17, 15) is 0 Å². The summed E-state index contributed by atoms with van der Waals surface area (Å²) in [5.74, 6) is 1.55. The average molecular weight is 227 g/mol. The van der Waals surface area contributed by atoms with Crippen LogP contribution in [0.1, 0.15) is 16.7 Å². The quantitative estimate of drug-likeness (QED) is 0.787. The van der Waals surface area contributed by atoms with Crippen molar-refractivity contribution in [2.75, 3.05) is 5.73 Å². The number of anilines is 1. The fourth-order valence-corrected chi connectivity index (χ4v) is 1.83. The van der Waals surface area contributed by atoms with Crippen molar-refractivity contribution in [3.05, 3.63) is 53.1 Å². The molecule has 0 saturated carbocycles. The molecule has 0 aliphatic carbocycles. The average Bonchev–Trinajstić information content (AvgIpc) is 2.25. The molecule has 2 rings (SSSR count). The van der Waals surface area contributed by atoms with Gasteiger partial charge in [-0.3, -0.25) is 0 Å². The number of nitrogens with two attached hydrogens (primary N) is 1. The van der Waals surface area contributed by atoms with E-state index in [4.69, 9.17) is 10.5 Å². The first kappa shape index (κ1) is 11.5.